The highest BCUT2D eigenvalue weighted by atomic mass is 16.3. The Bertz CT molecular complexity index is 875. The van der Waals surface area contributed by atoms with Crippen molar-refractivity contribution < 1.29 is 13.9 Å². The first-order chi connectivity index (χ1) is 12.3. The summed E-state index contributed by atoms with van der Waals surface area (Å²) < 4.78 is 11.3. The second kappa shape index (κ2) is 6.83. The summed E-state index contributed by atoms with van der Waals surface area (Å²) in [7, 11) is 0. The predicted octanol–water partition coefficient (Wildman–Crippen LogP) is 5.13. The Morgan fingerprint density at radius 3 is 1.72 bits per heavy atom. The van der Waals surface area contributed by atoms with E-state index in [0.29, 0.717) is 0 Å². The van der Waals surface area contributed by atoms with E-state index in [0.717, 1.165) is 28.2 Å². The molecule has 0 radical (unpaired) electrons. The molecule has 4 rings (SSSR count). The van der Waals surface area contributed by atoms with E-state index in [1.165, 1.54) is 0 Å². The van der Waals surface area contributed by atoms with E-state index in [4.69, 9.17) is 8.83 Å². The maximum absolute atomic E-state index is 11.0. The molecule has 0 bridgehead atoms. The van der Waals surface area contributed by atoms with Crippen molar-refractivity contribution >= 4 is 0 Å². The molecule has 25 heavy (non-hydrogen) atoms. The van der Waals surface area contributed by atoms with Crippen molar-refractivity contribution in [3.63, 3.8) is 0 Å². The first kappa shape index (κ1) is 15.5. The lowest BCUT2D eigenvalue weighted by molar-refractivity contribution is 0.218. The molecule has 0 aliphatic carbocycles. The van der Waals surface area contributed by atoms with Crippen molar-refractivity contribution in [1.29, 1.82) is 0 Å². The lowest BCUT2D eigenvalue weighted by Gasteiger charge is -2.20. The van der Waals surface area contributed by atoms with Gasteiger partial charge in [0.05, 0.1) is 12.5 Å². The van der Waals surface area contributed by atoms with Gasteiger partial charge >= 0.3 is 0 Å². The van der Waals surface area contributed by atoms with Crippen LogP contribution in [0.4, 0.5) is 0 Å². The quantitative estimate of drug-likeness (QED) is 0.551. The van der Waals surface area contributed by atoms with E-state index < -0.39 is 6.10 Å². The molecule has 0 fully saturated rings. The normalized spacial score (nSPS) is 12.4. The number of hydrogen-bond acceptors (Lipinski definition) is 3. The fourth-order valence-electron chi connectivity index (χ4n) is 3.20. The summed E-state index contributed by atoms with van der Waals surface area (Å²) in [6.45, 7) is 0. The van der Waals surface area contributed by atoms with Crippen molar-refractivity contribution in [3.8, 4) is 0 Å². The maximum atomic E-state index is 11.0. The van der Waals surface area contributed by atoms with E-state index in [1.807, 2.05) is 78.9 Å². The van der Waals surface area contributed by atoms with Crippen LogP contribution in [0.2, 0.25) is 0 Å². The molecule has 2 heterocycles. The number of benzene rings is 2. The standard InChI is InChI=1S/C22H18O3/c23-22(16-8-2-1-3-9-16)18-11-5-4-10-17(18)21(19-12-6-14-24-19)20-13-7-15-25-20/h1-15,21-23H. The summed E-state index contributed by atoms with van der Waals surface area (Å²) in [5.41, 5.74) is 2.66. The van der Waals surface area contributed by atoms with Crippen LogP contribution in [0.5, 0.6) is 0 Å². The fraction of sp³-hybridized carbons (Fsp3) is 0.0909. The highest BCUT2D eigenvalue weighted by molar-refractivity contribution is 5.44. The average Bonchev–Trinajstić information content (AvgIpc) is 3.37. The zero-order chi connectivity index (χ0) is 17.1. The minimum atomic E-state index is -0.718. The Morgan fingerprint density at radius 2 is 1.16 bits per heavy atom. The Kier molecular flexibility index (Phi) is 4.23. The third kappa shape index (κ3) is 3.02. The molecule has 2 aromatic heterocycles. The van der Waals surface area contributed by atoms with E-state index in [9.17, 15) is 5.11 Å². The van der Waals surface area contributed by atoms with Crippen LogP contribution in [0.25, 0.3) is 0 Å². The van der Waals surface area contributed by atoms with Crippen molar-refractivity contribution in [2.24, 2.45) is 0 Å². The average molecular weight is 330 g/mol. The van der Waals surface area contributed by atoms with Gasteiger partial charge in [0.15, 0.2) is 0 Å². The van der Waals surface area contributed by atoms with Crippen molar-refractivity contribution in [1.82, 2.24) is 0 Å². The smallest absolute Gasteiger partial charge is 0.118 e. The third-order valence-electron chi connectivity index (χ3n) is 4.37. The lowest BCUT2D eigenvalue weighted by Crippen LogP contribution is -2.09. The van der Waals surface area contributed by atoms with Gasteiger partial charge in [0.2, 0.25) is 0 Å². The van der Waals surface area contributed by atoms with Gasteiger partial charge in [-0.15, -0.1) is 0 Å². The summed E-state index contributed by atoms with van der Waals surface area (Å²) >= 11 is 0. The van der Waals surface area contributed by atoms with Crippen LogP contribution < -0.4 is 0 Å². The molecule has 0 spiro atoms. The summed E-state index contributed by atoms with van der Waals surface area (Å²) in [6.07, 6.45) is 2.59. The van der Waals surface area contributed by atoms with Gasteiger partial charge in [-0.25, -0.2) is 0 Å². The maximum Gasteiger partial charge on any atom is 0.118 e. The van der Waals surface area contributed by atoms with Gasteiger partial charge in [0.25, 0.3) is 0 Å². The molecule has 3 nitrogen and oxygen atoms in total. The Morgan fingerprint density at radius 1 is 0.600 bits per heavy atom. The number of hydrogen-bond donors (Lipinski definition) is 1. The van der Waals surface area contributed by atoms with Gasteiger partial charge in [0.1, 0.15) is 23.5 Å². The largest absolute Gasteiger partial charge is 0.468 e. The van der Waals surface area contributed by atoms with Crippen LogP contribution >= 0.6 is 0 Å². The molecule has 1 atom stereocenters. The van der Waals surface area contributed by atoms with Gasteiger partial charge < -0.3 is 13.9 Å². The van der Waals surface area contributed by atoms with Crippen LogP contribution in [0, 0.1) is 0 Å². The molecule has 2 aromatic carbocycles. The molecule has 4 aromatic rings. The predicted molar refractivity (Wildman–Crippen MR) is 95.3 cm³/mol. The van der Waals surface area contributed by atoms with E-state index >= 15 is 0 Å². The lowest BCUT2D eigenvalue weighted by atomic mass is 9.86. The number of rotatable bonds is 5. The molecule has 0 saturated heterocycles. The second-order valence-electron chi connectivity index (χ2n) is 5.91. The number of aliphatic hydroxyl groups excluding tert-OH is 1. The first-order valence-electron chi connectivity index (χ1n) is 8.23. The molecular weight excluding hydrogens is 312 g/mol. The molecule has 1 N–H and O–H groups in total. The van der Waals surface area contributed by atoms with Crippen LogP contribution in [0.3, 0.4) is 0 Å². The first-order valence-corrected chi connectivity index (χ1v) is 8.23. The fourth-order valence-corrected chi connectivity index (χ4v) is 3.20. The number of aliphatic hydroxyl groups is 1. The molecule has 124 valence electrons. The van der Waals surface area contributed by atoms with Crippen LogP contribution in [-0.4, -0.2) is 5.11 Å². The van der Waals surface area contributed by atoms with E-state index in [-0.39, 0.29) is 5.92 Å². The summed E-state index contributed by atoms with van der Waals surface area (Å²) in [5, 5.41) is 11.0. The van der Waals surface area contributed by atoms with Crippen molar-refractivity contribution in [3.05, 3.63) is 120 Å². The monoisotopic (exact) mass is 330 g/mol. The highest BCUT2D eigenvalue weighted by Gasteiger charge is 2.26. The second-order valence-corrected chi connectivity index (χ2v) is 5.91. The van der Waals surface area contributed by atoms with Gasteiger partial charge in [0, 0.05) is 0 Å². The summed E-state index contributed by atoms with van der Waals surface area (Å²) in [5.74, 6) is 1.35. The highest BCUT2D eigenvalue weighted by Crippen LogP contribution is 2.37. The van der Waals surface area contributed by atoms with Crippen molar-refractivity contribution in [2.45, 2.75) is 12.0 Å². The summed E-state index contributed by atoms with van der Waals surface area (Å²) in [6, 6.07) is 25.1. The molecule has 1 unspecified atom stereocenters. The molecule has 0 aliphatic heterocycles. The van der Waals surface area contributed by atoms with E-state index in [2.05, 4.69) is 0 Å². The van der Waals surface area contributed by atoms with Crippen LogP contribution in [-0.2, 0) is 0 Å². The third-order valence-corrected chi connectivity index (χ3v) is 4.37. The Hall–Kier alpha value is -3.04. The zero-order valence-corrected chi connectivity index (χ0v) is 13.6. The summed E-state index contributed by atoms with van der Waals surface area (Å²) in [4.78, 5) is 0. The molecule has 0 aliphatic rings. The Labute approximate surface area is 146 Å². The van der Waals surface area contributed by atoms with E-state index in [1.54, 1.807) is 12.5 Å². The molecule has 3 heteroatoms. The number of furan rings is 2. The minimum Gasteiger partial charge on any atom is -0.468 e. The topological polar surface area (TPSA) is 46.5 Å². The van der Waals surface area contributed by atoms with Gasteiger partial charge in [-0.2, -0.15) is 0 Å². The molecule has 0 saturated carbocycles. The Balaban J connectivity index is 1.84. The van der Waals surface area contributed by atoms with Crippen molar-refractivity contribution in [2.75, 3.05) is 0 Å². The van der Waals surface area contributed by atoms with Crippen LogP contribution in [0.15, 0.2) is 100 Å². The molecule has 0 amide bonds. The van der Waals surface area contributed by atoms with Crippen LogP contribution in [0.1, 0.15) is 40.2 Å². The SMILES string of the molecule is OC(c1ccccc1)c1ccccc1C(c1ccco1)c1ccco1. The zero-order valence-electron chi connectivity index (χ0n) is 13.6. The van der Waals surface area contributed by atoms with Gasteiger partial charge in [-0.05, 0) is 41.0 Å². The molecular formula is C22H18O3. The van der Waals surface area contributed by atoms with Gasteiger partial charge in [-0.1, -0.05) is 54.6 Å². The minimum absolute atomic E-state index is 0.209. The van der Waals surface area contributed by atoms with Gasteiger partial charge in [-0.3, -0.25) is 0 Å².